The van der Waals surface area contributed by atoms with Crippen molar-refractivity contribution >= 4 is 17.9 Å². The van der Waals surface area contributed by atoms with Crippen LogP contribution in [0.5, 0.6) is 0 Å². The molecular formula is C27H40O9. The molecule has 36 heavy (non-hydrogen) atoms. The molecule has 2 N–H and O–H groups in total. The van der Waals surface area contributed by atoms with Gasteiger partial charge in [-0.1, -0.05) is 18.7 Å². The number of rotatable bonds is 10. The van der Waals surface area contributed by atoms with Gasteiger partial charge in [-0.25, -0.2) is 9.59 Å². The molecule has 0 aromatic carbocycles. The van der Waals surface area contributed by atoms with Crippen molar-refractivity contribution in [1.29, 1.82) is 0 Å². The van der Waals surface area contributed by atoms with Crippen LogP contribution in [0.3, 0.4) is 0 Å². The predicted molar refractivity (Wildman–Crippen MR) is 132 cm³/mol. The number of allylic oxidation sites excluding steroid dienone is 2. The minimum absolute atomic E-state index is 0.142. The zero-order valence-corrected chi connectivity index (χ0v) is 22.5. The summed E-state index contributed by atoms with van der Waals surface area (Å²) >= 11 is 0. The van der Waals surface area contributed by atoms with Gasteiger partial charge >= 0.3 is 17.9 Å². The molecule has 2 rings (SSSR count). The molecule has 0 aromatic heterocycles. The van der Waals surface area contributed by atoms with Crippen LogP contribution >= 0.6 is 0 Å². The summed E-state index contributed by atoms with van der Waals surface area (Å²) in [4.78, 5) is 37.4. The van der Waals surface area contributed by atoms with Gasteiger partial charge < -0.3 is 29.2 Å². The second-order valence-electron chi connectivity index (χ2n) is 10.3. The molecule has 202 valence electrons. The largest absolute Gasteiger partial charge is 0.455 e. The first-order valence-electron chi connectivity index (χ1n) is 12.2. The van der Waals surface area contributed by atoms with Crippen LogP contribution in [0.4, 0.5) is 0 Å². The van der Waals surface area contributed by atoms with Crippen molar-refractivity contribution in [2.75, 3.05) is 0 Å². The van der Waals surface area contributed by atoms with E-state index in [0.717, 1.165) is 0 Å². The number of esters is 3. The van der Waals surface area contributed by atoms with E-state index in [1.54, 1.807) is 46.8 Å². The number of fused-ring (bicyclic) bond motifs is 1. The van der Waals surface area contributed by atoms with Crippen molar-refractivity contribution in [3.05, 3.63) is 35.5 Å². The summed E-state index contributed by atoms with van der Waals surface area (Å²) in [5.41, 5.74) is -1.22. The number of ether oxygens (including phenoxy) is 4. The molecule has 2 fully saturated rings. The Balaban J connectivity index is 2.48. The van der Waals surface area contributed by atoms with Gasteiger partial charge in [0.2, 0.25) is 0 Å². The lowest BCUT2D eigenvalue weighted by atomic mass is 9.73. The van der Waals surface area contributed by atoms with Crippen molar-refractivity contribution in [3.63, 3.8) is 0 Å². The average molecular weight is 509 g/mol. The molecule has 0 aromatic rings. The summed E-state index contributed by atoms with van der Waals surface area (Å²) in [5, 5.41) is 20.9. The fourth-order valence-electron chi connectivity index (χ4n) is 4.26. The quantitative estimate of drug-likeness (QED) is 0.150. The molecule has 9 heteroatoms. The maximum atomic E-state index is 12.8. The summed E-state index contributed by atoms with van der Waals surface area (Å²) < 4.78 is 23.1. The lowest BCUT2D eigenvalue weighted by Gasteiger charge is -2.40. The third kappa shape index (κ3) is 6.63. The second-order valence-corrected chi connectivity index (χ2v) is 10.3. The fourth-order valence-corrected chi connectivity index (χ4v) is 4.26. The highest BCUT2D eigenvalue weighted by Gasteiger charge is 2.68. The van der Waals surface area contributed by atoms with E-state index in [2.05, 4.69) is 6.58 Å². The zero-order chi connectivity index (χ0) is 27.6. The third-order valence-electron chi connectivity index (χ3n) is 7.14. The van der Waals surface area contributed by atoms with Crippen molar-refractivity contribution in [2.24, 2.45) is 5.92 Å². The standard InChI is InChI=1S/C27H40O9/c1-10-14(3)24(30)34-19(13-20(29)26(7,8)32)16(5)18-12-21-27(9,36-21)23(33-17(6)28)22(18)35-25(31)15(4)11-2/h10-11,18-23,29,32H,5,12-13H2,1-4,6-9H3/b14-10-,15-11-/t18-,19-,20-,21-,22+,23+,27-/m0/s1. The van der Waals surface area contributed by atoms with E-state index in [9.17, 15) is 24.6 Å². The number of aliphatic hydroxyl groups excluding tert-OH is 1. The average Bonchev–Trinajstić information content (AvgIpc) is 3.48. The van der Waals surface area contributed by atoms with Gasteiger partial charge in [-0.3, -0.25) is 4.79 Å². The van der Waals surface area contributed by atoms with Gasteiger partial charge in [0.1, 0.15) is 17.8 Å². The highest BCUT2D eigenvalue weighted by Crippen LogP contribution is 2.53. The van der Waals surface area contributed by atoms with E-state index in [1.807, 2.05) is 0 Å². The normalized spacial score (nSPS) is 29.9. The van der Waals surface area contributed by atoms with Crippen LogP contribution in [0.25, 0.3) is 0 Å². The van der Waals surface area contributed by atoms with E-state index in [0.29, 0.717) is 23.1 Å². The predicted octanol–water partition coefficient (Wildman–Crippen LogP) is 2.93. The van der Waals surface area contributed by atoms with Gasteiger partial charge in [0.25, 0.3) is 0 Å². The summed E-state index contributed by atoms with van der Waals surface area (Å²) in [6, 6.07) is 0. The Kier molecular flexibility index (Phi) is 9.31. The zero-order valence-electron chi connectivity index (χ0n) is 22.5. The molecule has 7 atom stereocenters. The molecule has 0 unspecified atom stereocenters. The van der Waals surface area contributed by atoms with Crippen molar-refractivity contribution in [1.82, 2.24) is 0 Å². The summed E-state index contributed by atoms with van der Waals surface area (Å²) in [6.07, 6.45) is -1.03. The van der Waals surface area contributed by atoms with Gasteiger partial charge in [0.15, 0.2) is 6.10 Å². The molecule has 9 nitrogen and oxygen atoms in total. The molecule has 2 aliphatic rings. The molecular weight excluding hydrogens is 468 g/mol. The highest BCUT2D eigenvalue weighted by molar-refractivity contribution is 5.88. The molecule has 0 bridgehead atoms. The Morgan fingerprint density at radius 1 is 1.11 bits per heavy atom. The number of aliphatic hydroxyl groups is 2. The highest BCUT2D eigenvalue weighted by atomic mass is 16.7. The lowest BCUT2D eigenvalue weighted by Crippen LogP contribution is -2.54. The van der Waals surface area contributed by atoms with Crippen LogP contribution in [-0.4, -0.2) is 69.8 Å². The van der Waals surface area contributed by atoms with E-state index < -0.39 is 59.4 Å². The Morgan fingerprint density at radius 2 is 1.67 bits per heavy atom. The number of carbonyl (C=O) groups is 3. The Hall–Kier alpha value is -2.49. The van der Waals surface area contributed by atoms with Gasteiger partial charge in [-0.2, -0.15) is 0 Å². The molecule has 1 saturated carbocycles. The summed E-state index contributed by atoms with van der Waals surface area (Å²) in [5.74, 6) is -2.38. The smallest absolute Gasteiger partial charge is 0.333 e. The van der Waals surface area contributed by atoms with Crippen molar-refractivity contribution in [3.8, 4) is 0 Å². The van der Waals surface area contributed by atoms with Crippen LogP contribution in [0.1, 0.15) is 68.2 Å². The number of epoxide rings is 1. The molecule has 1 aliphatic carbocycles. The van der Waals surface area contributed by atoms with Gasteiger partial charge in [-0.15, -0.1) is 0 Å². The molecule has 0 amide bonds. The van der Waals surface area contributed by atoms with E-state index in [1.165, 1.54) is 20.8 Å². The van der Waals surface area contributed by atoms with Crippen LogP contribution in [0.15, 0.2) is 35.5 Å². The fraction of sp³-hybridized carbons (Fsp3) is 0.667. The minimum atomic E-state index is -1.47. The number of hydrogen-bond acceptors (Lipinski definition) is 9. The Bertz CT molecular complexity index is 941. The topological polar surface area (TPSA) is 132 Å². The van der Waals surface area contributed by atoms with Crippen molar-refractivity contribution in [2.45, 2.75) is 110 Å². The first-order valence-corrected chi connectivity index (χ1v) is 12.2. The molecule has 0 spiro atoms. The van der Waals surface area contributed by atoms with Crippen LogP contribution < -0.4 is 0 Å². The van der Waals surface area contributed by atoms with Gasteiger partial charge in [-0.05, 0) is 60.5 Å². The lowest BCUT2D eigenvalue weighted by molar-refractivity contribution is -0.176. The first-order chi connectivity index (χ1) is 16.6. The summed E-state index contributed by atoms with van der Waals surface area (Å²) in [6.45, 7) is 16.7. The molecule has 0 radical (unpaired) electrons. The number of hydrogen-bond donors (Lipinski definition) is 2. The second kappa shape index (κ2) is 11.3. The minimum Gasteiger partial charge on any atom is -0.455 e. The van der Waals surface area contributed by atoms with E-state index in [4.69, 9.17) is 18.9 Å². The first kappa shape index (κ1) is 29.7. The molecule has 1 heterocycles. The Labute approximate surface area is 213 Å². The molecule has 1 aliphatic heterocycles. The van der Waals surface area contributed by atoms with Gasteiger partial charge in [0.05, 0.1) is 17.8 Å². The molecule has 1 saturated heterocycles. The van der Waals surface area contributed by atoms with Gasteiger partial charge in [0, 0.05) is 30.4 Å². The van der Waals surface area contributed by atoms with E-state index in [-0.39, 0.29) is 12.5 Å². The number of carbonyl (C=O) groups excluding carboxylic acids is 3. The van der Waals surface area contributed by atoms with Crippen LogP contribution in [0.2, 0.25) is 0 Å². The van der Waals surface area contributed by atoms with E-state index >= 15 is 0 Å². The van der Waals surface area contributed by atoms with Crippen LogP contribution in [0, 0.1) is 5.92 Å². The third-order valence-corrected chi connectivity index (χ3v) is 7.14. The summed E-state index contributed by atoms with van der Waals surface area (Å²) in [7, 11) is 0. The van der Waals surface area contributed by atoms with Crippen LogP contribution in [-0.2, 0) is 33.3 Å². The Morgan fingerprint density at radius 3 is 2.17 bits per heavy atom. The monoisotopic (exact) mass is 508 g/mol. The SMILES string of the molecule is C=C([C@H](C[C@H](O)C(C)(C)O)OC(=O)/C(C)=C\C)[C@@H]1C[C@@H]2O[C@]2(C)[C@H](OC(C)=O)[C@@H]1OC(=O)/C(C)=C\C. The maximum absolute atomic E-state index is 12.8. The van der Waals surface area contributed by atoms with Crippen molar-refractivity contribution < 1.29 is 43.5 Å². The maximum Gasteiger partial charge on any atom is 0.333 e.